The Morgan fingerprint density at radius 1 is 1.12 bits per heavy atom. The van der Waals surface area contributed by atoms with Gasteiger partial charge in [0, 0.05) is 18.8 Å². The standard InChI is InChI=1S/C20H20N2O3/c21-15-6-7-16-14(10-15)12-22(9-8-13-4-2-1-3-5-13)20(24)17-11-18(23)25-19(16)17/h1-7,10,17,19H,8-9,11-12,21H2. The minimum absolute atomic E-state index is 0.0125. The molecule has 0 radical (unpaired) electrons. The molecule has 128 valence electrons. The van der Waals surface area contributed by atoms with Gasteiger partial charge in [-0.1, -0.05) is 36.4 Å². The average Bonchev–Trinajstić information content (AvgIpc) is 2.96. The fourth-order valence-electron chi connectivity index (χ4n) is 3.71. The molecule has 5 heteroatoms. The maximum Gasteiger partial charge on any atom is 0.307 e. The molecule has 2 aromatic carbocycles. The van der Waals surface area contributed by atoms with Crippen LogP contribution in [0.1, 0.15) is 29.2 Å². The molecule has 0 bridgehead atoms. The minimum Gasteiger partial charge on any atom is -0.457 e. The van der Waals surface area contributed by atoms with Crippen LogP contribution in [0.5, 0.6) is 0 Å². The number of anilines is 1. The quantitative estimate of drug-likeness (QED) is 0.690. The number of hydrogen-bond acceptors (Lipinski definition) is 4. The predicted octanol–water partition coefficient (Wildman–Crippen LogP) is 2.46. The lowest BCUT2D eigenvalue weighted by Crippen LogP contribution is -2.36. The number of ether oxygens (including phenoxy) is 1. The number of carbonyl (C=O) groups is 2. The van der Waals surface area contributed by atoms with Gasteiger partial charge < -0.3 is 15.4 Å². The van der Waals surface area contributed by atoms with Gasteiger partial charge in [-0.15, -0.1) is 0 Å². The number of amides is 1. The number of benzene rings is 2. The number of nitrogen functional groups attached to an aromatic ring is 1. The fraction of sp³-hybridized carbons (Fsp3) is 0.300. The van der Waals surface area contributed by atoms with Crippen molar-refractivity contribution in [1.29, 1.82) is 0 Å². The summed E-state index contributed by atoms with van der Waals surface area (Å²) in [6.07, 6.45) is 0.434. The Labute approximate surface area is 146 Å². The zero-order chi connectivity index (χ0) is 17.4. The van der Waals surface area contributed by atoms with Gasteiger partial charge in [0.05, 0.1) is 12.3 Å². The molecule has 1 fully saturated rings. The van der Waals surface area contributed by atoms with E-state index in [2.05, 4.69) is 12.1 Å². The van der Waals surface area contributed by atoms with Crippen molar-refractivity contribution in [3.05, 3.63) is 65.2 Å². The van der Waals surface area contributed by atoms with Crippen molar-refractivity contribution in [2.24, 2.45) is 5.92 Å². The Morgan fingerprint density at radius 2 is 1.92 bits per heavy atom. The zero-order valence-corrected chi connectivity index (χ0v) is 13.9. The van der Waals surface area contributed by atoms with E-state index in [1.165, 1.54) is 5.56 Å². The van der Waals surface area contributed by atoms with Crippen molar-refractivity contribution < 1.29 is 14.3 Å². The van der Waals surface area contributed by atoms with Gasteiger partial charge in [0.25, 0.3) is 0 Å². The van der Waals surface area contributed by atoms with Crippen molar-refractivity contribution in [1.82, 2.24) is 4.90 Å². The number of carbonyl (C=O) groups excluding carboxylic acids is 2. The summed E-state index contributed by atoms with van der Waals surface area (Å²) in [5.74, 6) is -0.759. The van der Waals surface area contributed by atoms with E-state index in [9.17, 15) is 9.59 Å². The van der Waals surface area contributed by atoms with Gasteiger partial charge in [-0.25, -0.2) is 0 Å². The normalized spacial score (nSPS) is 22.2. The van der Waals surface area contributed by atoms with E-state index in [1.54, 1.807) is 6.07 Å². The van der Waals surface area contributed by atoms with Gasteiger partial charge in [0.15, 0.2) is 0 Å². The van der Waals surface area contributed by atoms with Gasteiger partial charge in [-0.3, -0.25) is 9.59 Å². The van der Waals surface area contributed by atoms with E-state index in [1.807, 2.05) is 35.2 Å². The lowest BCUT2D eigenvalue weighted by atomic mass is 9.93. The average molecular weight is 336 g/mol. The zero-order valence-electron chi connectivity index (χ0n) is 13.9. The summed E-state index contributed by atoms with van der Waals surface area (Å²) in [4.78, 5) is 26.7. The second kappa shape index (κ2) is 6.24. The molecule has 1 amide bonds. The highest BCUT2D eigenvalue weighted by Crippen LogP contribution is 2.41. The van der Waals surface area contributed by atoms with Crippen LogP contribution in [0.25, 0.3) is 0 Å². The van der Waals surface area contributed by atoms with Crippen LogP contribution in [0.3, 0.4) is 0 Å². The van der Waals surface area contributed by atoms with E-state index in [4.69, 9.17) is 10.5 Å². The smallest absolute Gasteiger partial charge is 0.307 e. The highest BCUT2D eigenvalue weighted by molar-refractivity contribution is 5.88. The van der Waals surface area contributed by atoms with Crippen LogP contribution in [-0.2, 0) is 27.3 Å². The molecule has 2 heterocycles. The van der Waals surface area contributed by atoms with Crippen LogP contribution in [0.15, 0.2) is 48.5 Å². The van der Waals surface area contributed by atoms with Crippen LogP contribution in [0.4, 0.5) is 5.69 Å². The van der Waals surface area contributed by atoms with Crippen LogP contribution < -0.4 is 5.73 Å². The molecule has 0 aromatic heterocycles. The topological polar surface area (TPSA) is 72.6 Å². The Morgan fingerprint density at radius 3 is 2.72 bits per heavy atom. The van der Waals surface area contributed by atoms with Crippen molar-refractivity contribution in [2.45, 2.75) is 25.5 Å². The van der Waals surface area contributed by atoms with Crippen molar-refractivity contribution in [3.63, 3.8) is 0 Å². The third-order valence-electron chi connectivity index (χ3n) is 4.99. The third-order valence-corrected chi connectivity index (χ3v) is 4.99. The SMILES string of the molecule is Nc1ccc2c(c1)CN(CCc1ccccc1)C(=O)C1CC(=O)OC21. The maximum atomic E-state index is 13.0. The minimum atomic E-state index is -0.489. The van der Waals surface area contributed by atoms with E-state index >= 15 is 0 Å². The predicted molar refractivity (Wildman–Crippen MR) is 93.4 cm³/mol. The molecule has 2 unspecified atom stereocenters. The van der Waals surface area contributed by atoms with E-state index < -0.39 is 12.0 Å². The first kappa shape index (κ1) is 15.7. The molecule has 0 saturated carbocycles. The number of hydrogen-bond donors (Lipinski definition) is 1. The number of esters is 1. The van der Waals surface area contributed by atoms with E-state index in [-0.39, 0.29) is 18.3 Å². The summed E-state index contributed by atoms with van der Waals surface area (Å²) >= 11 is 0. The lowest BCUT2D eigenvalue weighted by molar-refractivity contribution is -0.142. The van der Waals surface area contributed by atoms with E-state index in [0.717, 1.165) is 17.5 Å². The summed E-state index contributed by atoms with van der Waals surface area (Å²) in [7, 11) is 0. The second-order valence-electron chi connectivity index (χ2n) is 6.67. The first-order valence-electron chi connectivity index (χ1n) is 8.52. The van der Waals surface area contributed by atoms with Crippen molar-refractivity contribution >= 4 is 17.6 Å². The molecule has 1 saturated heterocycles. The Kier molecular flexibility index (Phi) is 3.92. The number of rotatable bonds is 3. The third kappa shape index (κ3) is 2.97. The van der Waals surface area contributed by atoms with Crippen LogP contribution in [0, 0.1) is 5.92 Å². The monoisotopic (exact) mass is 336 g/mol. The summed E-state index contributed by atoms with van der Waals surface area (Å²) in [5, 5.41) is 0. The molecule has 2 atom stereocenters. The lowest BCUT2D eigenvalue weighted by Gasteiger charge is -2.23. The Balaban J connectivity index is 1.64. The molecule has 0 aliphatic carbocycles. The molecule has 2 aliphatic heterocycles. The summed E-state index contributed by atoms with van der Waals surface area (Å²) in [6.45, 7) is 1.10. The second-order valence-corrected chi connectivity index (χ2v) is 6.67. The molecule has 4 rings (SSSR count). The highest BCUT2D eigenvalue weighted by atomic mass is 16.6. The molecule has 25 heavy (non-hydrogen) atoms. The molecular weight excluding hydrogens is 316 g/mol. The summed E-state index contributed by atoms with van der Waals surface area (Å²) in [6, 6.07) is 15.6. The highest BCUT2D eigenvalue weighted by Gasteiger charge is 2.45. The first-order valence-corrected chi connectivity index (χ1v) is 8.52. The van der Waals surface area contributed by atoms with Crippen LogP contribution in [0.2, 0.25) is 0 Å². The van der Waals surface area contributed by atoms with Gasteiger partial charge in [0.2, 0.25) is 5.91 Å². The van der Waals surface area contributed by atoms with E-state index in [0.29, 0.717) is 18.8 Å². The van der Waals surface area contributed by atoms with Crippen LogP contribution >= 0.6 is 0 Å². The molecule has 2 N–H and O–H groups in total. The fourth-order valence-corrected chi connectivity index (χ4v) is 3.71. The molecule has 2 aliphatic rings. The van der Waals surface area contributed by atoms with Crippen LogP contribution in [-0.4, -0.2) is 23.3 Å². The maximum absolute atomic E-state index is 13.0. The Hall–Kier alpha value is -2.82. The van der Waals surface area contributed by atoms with Gasteiger partial charge in [-0.05, 0) is 35.2 Å². The number of nitrogens with zero attached hydrogens (tertiary/aromatic N) is 1. The Bertz CT molecular complexity index is 819. The van der Waals surface area contributed by atoms with Gasteiger partial charge in [-0.2, -0.15) is 0 Å². The first-order chi connectivity index (χ1) is 12.1. The van der Waals surface area contributed by atoms with Crippen molar-refractivity contribution in [2.75, 3.05) is 12.3 Å². The summed E-state index contributed by atoms with van der Waals surface area (Å²) in [5.41, 5.74) is 9.63. The van der Waals surface area contributed by atoms with Gasteiger partial charge in [0.1, 0.15) is 6.10 Å². The van der Waals surface area contributed by atoms with Gasteiger partial charge >= 0.3 is 5.97 Å². The summed E-state index contributed by atoms with van der Waals surface area (Å²) < 4.78 is 5.47. The molecule has 2 aromatic rings. The molecule has 5 nitrogen and oxygen atoms in total. The molecular formula is C20H20N2O3. The largest absolute Gasteiger partial charge is 0.457 e. The number of nitrogens with two attached hydrogens (primary N) is 1. The number of fused-ring (bicyclic) bond motifs is 3. The molecule has 0 spiro atoms. The van der Waals surface area contributed by atoms with Crippen molar-refractivity contribution in [3.8, 4) is 0 Å².